The third kappa shape index (κ3) is 4.90. The van der Waals surface area contributed by atoms with Gasteiger partial charge in [-0.15, -0.1) is 10.2 Å². The monoisotopic (exact) mass is 392 g/mol. The first-order valence-corrected chi connectivity index (χ1v) is 9.73. The first-order chi connectivity index (χ1) is 13.7. The lowest BCUT2D eigenvalue weighted by molar-refractivity contribution is -0.117. The van der Waals surface area contributed by atoms with Crippen LogP contribution in [-0.2, 0) is 4.79 Å². The Hall–Kier alpha value is -2.99. The fourth-order valence-corrected chi connectivity index (χ4v) is 3.41. The van der Waals surface area contributed by atoms with Gasteiger partial charge in [-0.25, -0.2) is 0 Å². The summed E-state index contributed by atoms with van der Waals surface area (Å²) in [5.74, 6) is 0.895. The van der Waals surface area contributed by atoms with Crippen LogP contribution in [0.2, 0.25) is 0 Å². The standard InChI is InChI=1S/C23H28N4O2/c1-14-8-7-9-19(12-14)23-26-25-22(29-23)18(5)27(6)13-20(28)24-21-16(3)10-15(2)11-17(21)4/h7-12,18H,13H2,1-6H3,(H,24,28)/t18-/m1/s1. The van der Waals surface area contributed by atoms with E-state index in [9.17, 15) is 4.79 Å². The van der Waals surface area contributed by atoms with Crippen LogP contribution in [0.4, 0.5) is 5.69 Å². The summed E-state index contributed by atoms with van der Waals surface area (Å²) < 4.78 is 5.86. The molecule has 1 aromatic heterocycles. The molecule has 29 heavy (non-hydrogen) atoms. The van der Waals surface area contributed by atoms with Crippen LogP contribution in [0.15, 0.2) is 40.8 Å². The Balaban J connectivity index is 1.66. The predicted molar refractivity (Wildman–Crippen MR) is 115 cm³/mol. The highest BCUT2D eigenvalue weighted by molar-refractivity contribution is 5.93. The van der Waals surface area contributed by atoms with Crippen molar-refractivity contribution in [1.29, 1.82) is 0 Å². The summed E-state index contributed by atoms with van der Waals surface area (Å²) in [6.07, 6.45) is 0. The second-order valence-electron chi connectivity index (χ2n) is 7.73. The molecule has 152 valence electrons. The van der Waals surface area contributed by atoms with E-state index in [0.29, 0.717) is 11.8 Å². The molecule has 0 spiro atoms. The molecule has 0 saturated carbocycles. The lowest BCUT2D eigenvalue weighted by Crippen LogP contribution is -2.32. The van der Waals surface area contributed by atoms with Crippen molar-refractivity contribution in [3.63, 3.8) is 0 Å². The van der Waals surface area contributed by atoms with Crippen LogP contribution < -0.4 is 5.32 Å². The molecule has 1 amide bonds. The quantitative estimate of drug-likeness (QED) is 0.664. The number of nitrogens with zero attached hydrogens (tertiary/aromatic N) is 3. The minimum Gasteiger partial charge on any atom is -0.419 e. The maximum Gasteiger partial charge on any atom is 0.247 e. The normalized spacial score (nSPS) is 12.2. The highest BCUT2D eigenvalue weighted by atomic mass is 16.4. The largest absolute Gasteiger partial charge is 0.419 e. The number of benzene rings is 2. The molecule has 6 heteroatoms. The number of carbonyl (C=O) groups excluding carboxylic acids is 1. The molecule has 1 heterocycles. The van der Waals surface area contributed by atoms with E-state index in [4.69, 9.17) is 4.42 Å². The van der Waals surface area contributed by atoms with Crippen molar-refractivity contribution >= 4 is 11.6 Å². The molecule has 1 N–H and O–H groups in total. The van der Waals surface area contributed by atoms with Crippen LogP contribution in [0, 0.1) is 27.7 Å². The maximum atomic E-state index is 12.6. The van der Waals surface area contributed by atoms with Crippen LogP contribution in [0.25, 0.3) is 11.5 Å². The third-order valence-electron chi connectivity index (χ3n) is 5.06. The summed E-state index contributed by atoms with van der Waals surface area (Å²) in [5, 5.41) is 11.4. The van der Waals surface area contributed by atoms with Gasteiger partial charge in [-0.3, -0.25) is 9.69 Å². The van der Waals surface area contributed by atoms with E-state index in [0.717, 1.165) is 27.9 Å². The van der Waals surface area contributed by atoms with Gasteiger partial charge in [0.05, 0.1) is 12.6 Å². The van der Waals surface area contributed by atoms with Crippen molar-refractivity contribution in [3.05, 3.63) is 64.5 Å². The van der Waals surface area contributed by atoms with Gasteiger partial charge in [0.25, 0.3) is 0 Å². The van der Waals surface area contributed by atoms with Gasteiger partial charge in [-0.1, -0.05) is 35.4 Å². The molecule has 0 bridgehead atoms. The van der Waals surface area contributed by atoms with Crippen molar-refractivity contribution in [1.82, 2.24) is 15.1 Å². The number of aryl methyl sites for hydroxylation is 4. The van der Waals surface area contributed by atoms with Crippen molar-refractivity contribution in [2.75, 3.05) is 18.9 Å². The summed E-state index contributed by atoms with van der Waals surface area (Å²) in [4.78, 5) is 14.5. The number of aromatic nitrogens is 2. The van der Waals surface area contributed by atoms with Crippen molar-refractivity contribution in [2.24, 2.45) is 0 Å². The molecule has 0 saturated heterocycles. The number of carbonyl (C=O) groups is 1. The highest BCUT2D eigenvalue weighted by Gasteiger charge is 2.21. The van der Waals surface area contributed by atoms with Crippen LogP contribution in [0.1, 0.15) is 41.1 Å². The summed E-state index contributed by atoms with van der Waals surface area (Å²) in [5.41, 5.74) is 6.20. The van der Waals surface area contributed by atoms with Crippen molar-refractivity contribution in [2.45, 2.75) is 40.7 Å². The molecular formula is C23H28N4O2. The Kier molecular flexibility index (Phi) is 6.13. The van der Waals surface area contributed by atoms with Crippen molar-refractivity contribution in [3.8, 4) is 11.5 Å². The second-order valence-corrected chi connectivity index (χ2v) is 7.73. The topological polar surface area (TPSA) is 71.3 Å². The highest BCUT2D eigenvalue weighted by Crippen LogP contribution is 2.25. The molecule has 6 nitrogen and oxygen atoms in total. The zero-order valence-electron chi connectivity index (χ0n) is 17.9. The minimum atomic E-state index is -0.188. The van der Waals surface area contributed by atoms with E-state index in [2.05, 4.69) is 34.6 Å². The predicted octanol–water partition coefficient (Wildman–Crippen LogP) is 4.60. The van der Waals surface area contributed by atoms with E-state index >= 15 is 0 Å². The van der Waals surface area contributed by atoms with Gasteiger partial charge in [0.1, 0.15) is 0 Å². The minimum absolute atomic E-state index is 0.0761. The average Bonchev–Trinajstić information content (AvgIpc) is 3.14. The van der Waals surface area contributed by atoms with Gasteiger partial charge in [0.15, 0.2) is 0 Å². The van der Waals surface area contributed by atoms with Crippen LogP contribution in [0.3, 0.4) is 0 Å². The molecule has 0 fully saturated rings. The summed E-state index contributed by atoms with van der Waals surface area (Å²) in [6, 6.07) is 11.9. The van der Waals surface area contributed by atoms with Gasteiger partial charge < -0.3 is 9.73 Å². The average molecular weight is 393 g/mol. The molecule has 3 aromatic rings. The zero-order chi connectivity index (χ0) is 21.1. The molecule has 0 aliphatic heterocycles. The number of anilines is 1. The van der Waals surface area contributed by atoms with Crippen LogP contribution in [-0.4, -0.2) is 34.6 Å². The van der Waals surface area contributed by atoms with Gasteiger partial charge in [-0.2, -0.15) is 0 Å². The lowest BCUT2D eigenvalue weighted by Gasteiger charge is -2.22. The first kappa shape index (κ1) is 20.7. The number of rotatable bonds is 6. The Labute approximate surface area is 172 Å². The fourth-order valence-electron chi connectivity index (χ4n) is 3.41. The number of likely N-dealkylation sites (N-methyl/N-ethyl adjacent to an activating group) is 1. The Morgan fingerprint density at radius 1 is 1.07 bits per heavy atom. The second kappa shape index (κ2) is 8.57. The summed E-state index contributed by atoms with van der Waals surface area (Å²) in [7, 11) is 1.87. The van der Waals surface area contributed by atoms with Gasteiger partial charge >= 0.3 is 0 Å². The molecule has 2 aromatic carbocycles. The summed E-state index contributed by atoms with van der Waals surface area (Å²) >= 11 is 0. The number of amides is 1. The molecule has 1 atom stereocenters. The number of nitrogens with one attached hydrogen (secondary N) is 1. The molecule has 3 rings (SSSR count). The van der Waals surface area contributed by atoms with E-state index in [1.807, 2.05) is 63.9 Å². The summed E-state index contributed by atoms with van der Waals surface area (Å²) in [6.45, 7) is 10.3. The molecule has 0 radical (unpaired) electrons. The molecule has 0 unspecified atom stereocenters. The Bertz CT molecular complexity index is 1000. The smallest absolute Gasteiger partial charge is 0.247 e. The zero-order valence-corrected chi connectivity index (χ0v) is 17.9. The van der Waals surface area contributed by atoms with E-state index in [1.165, 1.54) is 5.56 Å². The lowest BCUT2D eigenvalue weighted by atomic mass is 10.1. The number of hydrogen-bond donors (Lipinski definition) is 1. The van der Waals surface area contributed by atoms with Gasteiger partial charge in [-0.05, 0) is 64.9 Å². The first-order valence-electron chi connectivity index (χ1n) is 9.73. The van der Waals surface area contributed by atoms with E-state index in [-0.39, 0.29) is 18.5 Å². The maximum absolute atomic E-state index is 12.6. The molecule has 0 aliphatic rings. The van der Waals surface area contributed by atoms with E-state index < -0.39 is 0 Å². The molecule has 0 aliphatic carbocycles. The Morgan fingerprint density at radius 2 is 1.76 bits per heavy atom. The van der Waals surface area contributed by atoms with Gasteiger partial charge in [0, 0.05) is 11.3 Å². The van der Waals surface area contributed by atoms with Crippen molar-refractivity contribution < 1.29 is 9.21 Å². The van der Waals surface area contributed by atoms with Gasteiger partial charge in [0.2, 0.25) is 17.7 Å². The van der Waals surface area contributed by atoms with Crippen LogP contribution in [0.5, 0.6) is 0 Å². The molecular weight excluding hydrogens is 364 g/mol. The van der Waals surface area contributed by atoms with Crippen LogP contribution >= 0.6 is 0 Å². The Morgan fingerprint density at radius 3 is 2.41 bits per heavy atom. The fraction of sp³-hybridized carbons (Fsp3) is 0.348. The van der Waals surface area contributed by atoms with E-state index in [1.54, 1.807) is 0 Å². The SMILES string of the molecule is Cc1cccc(-c2nnc([C@@H](C)N(C)CC(=O)Nc3c(C)cc(C)cc3C)o2)c1. The third-order valence-corrected chi connectivity index (χ3v) is 5.06. The number of hydrogen-bond acceptors (Lipinski definition) is 5.